The predicted octanol–water partition coefficient (Wildman–Crippen LogP) is 2.46. The number of rotatable bonds is 3. The van der Waals surface area contributed by atoms with Gasteiger partial charge < -0.3 is 19.3 Å². The van der Waals surface area contributed by atoms with Crippen molar-refractivity contribution in [1.82, 2.24) is 24.9 Å². The number of carbonyl (C=O) groups excluding carboxylic acids is 1. The number of benzene rings is 1. The summed E-state index contributed by atoms with van der Waals surface area (Å²) >= 11 is 0. The number of aromatic amines is 1. The van der Waals surface area contributed by atoms with Gasteiger partial charge in [0, 0.05) is 25.7 Å². The van der Waals surface area contributed by atoms with Crippen LogP contribution in [0.3, 0.4) is 0 Å². The SMILES string of the molecule is Cc1noc(C)c1-c1ccc2[nH]c(C(=O)N(C)[C@@H]3CCN(C#N)C3)nc2c1. The van der Waals surface area contributed by atoms with E-state index >= 15 is 0 Å². The summed E-state index contributed by atoms with van der Waals surface area (Å²) in [5.74, 6) is 0.885. The van der Waals surface area contributed by atoms with Crippen molar-refractivity contribution >= 4 is 16.9 Å². The minimum atomic E-state index is -0.171. The molecule has 1 aromatic carbocycles. The lowest BCUT2D eigenvalue weighted by Crippen LogP contribution is -2.39. The minimum absolute atomic E-state index is 0.0169. The van der Waals surface area contributed by atoms with Crippen LogP contribution in [0, 0.1) is 25.3 Å². The zero-order valence-corrected chi connectivity index (χ0v) is 15.5. The highest BCUT2D eigenvalue weighted by Gasteiger charge is 2.29. The lowest BCUT2D eigenvalue weighted by Gasteiger charge is -2.22. The number of H-pyrrole nitrogens is 1. The topological polar surface area (TPSA) is 102 Å². The van der Waals surface area contributed by atoms with E-state index < -0.39 is 0 Å². The third-order valence-electron chi connectivity index (χ3n) is 5.18. The second-order valence-electron chi connectivity index (χ2n) is 6.92. The monoisotopic (exact) mass is 364 g/mol. The van der Waals surface area contributed by atoms with Crippen LogP contribution in [-0.4, -0.2) is 57.0 Å². The van der Waals surface area contributed by atoms with Gasteiger partial charge in [0.1, 0.15) is 5.76 Å². The molecule has 27 heavy (non-hydrogen) atoms. The molecule has 1 fully saturated rings. The molecular weight excluding hydrogens is 344 g/mol. The van der Waals surface area contributed by atoms with E-state index in [1.165, 1.54) is 0 Å². The molecule has 0 spiro atoms. The smallest absolute Gasteiger partial charge is 0.289 e. The van der Waals surface area contributed by atoms with Gasteiger partial charge in [0.2, 0.25) is 0 Å². The molecule has 0 saturated carbocycles. The number of hydrogen-bond donors (Lipinski definition) is 1. The number of imidazole rings is 1. The molecule has 0 aliphatic carbocycles. The summed E-state index contributed by atoms with van der Waals surface area (Å²) in [6.45, 7) is 5.02. The predicted molar refractivity (Wildman–Crippen MR) is 98.7 cm³/mol. The quantitative estimate of drug-likeness (QED) is 0.716. The van der Waals surface area contributed by atoms with Crippen molar-refractivity contribution in [1.29, 1.82) is 5.26 Å². The van der Waals surface area contributed by atoms with Crippen LogP contribution in [0.1, 0.15) is 28.5 Å². The second-order valence-corrected chi connectivity index (χ2v) is 6.92. The molecule has 1 amide bonds. The highest BCUT2D eigenvalue weighted by Crippen LogP contribution is 2.29. The van der Waals surface area contributed by atoms with Crippen molar-refractivity contribution in [2.45, 2.75) is 26.3 Å². The van der Waals surface area contributed by atoms with Gasteiger partial charge in [0.05, 0.1) is 22.8 Å². The zero-order chi connectivity index (χ0) is 19.1. The van der Waals surface area contributed by atoms with Crippen LogP contribution in [0.4, 0.5) is 0 Å². The van der Waals surface area contributed by atoms with E-state index in [0.29, 0.717) is 24.4 Å². The van der Waals surface area contributed by atoms with Crippen LogP contribution in [0.15, 0.2) is 22.7 Å². The number of amides is 1. The Hall–Kier alpha value is -3.34. The summed E-state index contributed by atoms with van der Waals surface area (Å²) in [7, 11) is 1.76. The average Bonchev–Trinajstić information content (AvgIpc) is 3.38. The van der Waals surface area contributed by atoms with Gasteiger partial charge in [0.25, 0.3) is 5.91 Å². The molecule has 1 saturated heterocycles. The molecule has 0 radical (unpaired) electrons. The lowest BCUT2D eigenvalue weighted by atomic mass is 10.0. The molecule has 0 unspecified atom stereocenters. The molecule has 3 heterocycles. The van der Waals surface area contributed by atoms with Crippen molar-refractivity contribution in [2.75, 3.05) is 20.1 Å². The summed E-state index contributed by atoms with van der Waals surface area (Å²) < 4.78 is 5.25. The van der Waals surface area contributed by atoms with Gasteiger partial charge >= 0.3 is 0 Å². The molecule has 2 aromatic heterocycles. The number of likely N-dealkylation sites (N-methyl/N-ethyl adjacent to an activating group) is 1. The van der Waals surface area contributed by atoms with Gasteiger partial charge in [-0.15, -0.1) is 0 Å². The molecule has 138 valence electrons. The fourth-order valence-corrected chi connectivity index (χ4v) is 3.64. The highest BCUT2D eigenvalue weighted by atomic mass is 16.5. The first kappa shape index (κ1) is 17.1. The van der Waals surface area contributed by atoms with Crippen molar-refractivity contribution in [3.63, 3.8) is 0 Å². The number of aryl methyl sites for hydroxylation is 2. The Kier molecular flexibility index (Phi) is 4.07. The van der Waals surface area contributed by atoms with E-state index in [1.807, 2.05) is 32.0 Å². The van der Waals surface area contributed by atoms with Crippen LogP contribution < -0.4 is 0 Å². The van der Waals surface area contributed by atoms with Gasteiger partial charge in [-0.3, -0.25) is 4.79 Å². The largest absolute Gasteiger partial charge is 0.361 e. The third kappa shape index (κ3) is 2.91. The van der Waals surface area contributed by atoms with E-state index in [0.717, 1.165) is 34.5 Å². The molecule has 8 heteroatoms. The second kappa shape index (κ2) is 6.43. The van der Waals surface area contributed by atoms with Gasteiger partial charge in [-0.1, -0.05) is 11.2 Å². The number of likely N-dealkylation sites (tertiary alicyclic amines) is 1. The maximum absolute atomic E-state index is 12.8. The fourth-order valence-electron chi connectivity index (χ4n) is 3.64. The Balaban J connectivity index is 1.62. The Morgan fingerprint density at radius 3 is 2.93 bits per heavy atom. The molecule has 1 N–H and O–H groups in total. The van der Waals surface area contributed by atoms with E-state index in [-0.39, 0.29) is 11.9 Å². The number of hydrogen-bond acceptors (Lipinski definition) is 6. The number of fused-ring (bicyclic) bond motifs is 1. The number of carbonyl (C=O) groups is 1. The van der Waals surface area contributed by atoms with Gasteiger partial charge in [-0.2, -0.15) is 5.26 Å². The Morgan fingerprint density at radius 2 is 2.26 bits per heavy atom. The van der Waals surface area contributed by atoms with Crippen LogP contribution in [0.2, 0.25) is 0 Å². The fraction of sp³-hybridized carbons (Fsp3) is 0.368. The first-order chi connectivity index (χ1) is 13.0. The van der Waals surface area contributed by atoms with Crippen LogP contribution in [-0.2, 0) is 0 Å². The summed E-state index contributed by atoms with van der Waals surface area (Å²) in [5, 5.41) is 13.0. The lowest BCUT2D eigenvalue weighted by molar-refractivity contribution is 0.0728. The number of aromatic nitrogens is 3. The average molecular weight is 364 g/mol. The van der Waals surface area contributed by atoms with Gasteiger partial charge in [-0.05, 0) is 38.0 Å². The molecule has 3 aromatic rings. The van der Waals surface area contributed by atoms with E-state index in [9.17, 15) is 4.79 Å². The molecule has 1 aliphatic heterocycles. The standard InChI is InChI=1S/C19H20N6O2/c1-11-17(12(2)27-23-11)13-4-5-15-16(8-13)22-18(21-15)19(26)24(3)14-6-7-25(9-14)10-20/h4-5,8,14H,6-7,9H2,1-3H3,(H,21,22)/t14-/m1/s1. The zero-order valence-electron chi connectivity index (χ0n) is 15.5. The number of nitrogens with zero attached hydrogens (tertiary/aromatic N) is 5. The molecule has 1 aliphatic rings. The Labute approximate surface area is 156 Å². The first-order valence-electron chi connectivity index (χ1n) is 8.82. The molecule has 0 bridgehead atoms. The van der Waals surface area contributed by atoms with Crippen LogP contribution >= 0.6 is 0 Å². The molecule has 1 atom stereocenters. The van der Waals surface area contributed by atoms with Gasteiger partial charge in [-0.25, -0.2) is 4.98 Å². The normalized spacial score (nSPS) is 16.7. The summed E-state index contributed by atoms with van der Waals surface area (Å²) in [5.41, 5.74) is 4.24. The molecule has 8 nitrogen and oxygen atoms in total. The van der Waals surface area contributed by atoms with Gasteiger partial charge in [0.15, 0.2) is 12.0 Å². The highest BCUT2D eigenvalue weighted by molar-refractivity contribution is 5.95. The first-order valence-corrected chi connectivity index (χ1v) is 8.82. The van der Waals surface area contributed by atoms with Crippen molar-refractivity contribution in [2.24, 2.45) is 0 Å². The van der Waals surface area contributed by atoms with Crippen LogP contribution in [0.25, 0.3) is 22.2 Å². The number of nitrogens with one attached hydrogen (secondary N) is 1. The molecule has 4 rings (SSSR count). The van der Waals surface area contributed by atoms with Crippen molar-refractivity contribution in [3.05, 3.63) is 35.5 Å². The van der Waals surface area contributed by atoms with Crippen LogP contribution in [0.5, 0.6) is 0 Å². The van der Waals surface area contributed by atoms with E-state index in [2.05, 4.69) is 21.3 Å². The van der Waals surface area contributed by atoms with Crippen molar-refractivity contribution < 1.29 is 9.32 Å². The minimum Gasteiger partial charge on any atom is -0.361 e. The maximum Gasteiger partial charge on any atom is 0.289 e. The maximum atomic E-state index is 12.8. The Bertz CT molecular complexity index is 1040. The van der Waals surface area contributed by atoms with E-state index in [4.69, 9.17) is 9.78 Å². The summed E-state index contributed by atoms with van der Waals surface area (Å²) in [6.07, 6.45) is 2.92. The third-order valence-corrected chi connectivity index (χ3v) is 5.18. The summed E-state index contributed by atoms with van der Waals surface area (Å²) in [4.78, 5) is 23.8. The number of nitriles is 1. The molecular formula is C19H20N6O2. The van der Waals surface area contributed by atoms with Crippen molar-refractivity contribution in [3.8, 4) is 17.3 Å². The summed E-state index contributed by atoms with van der Waals surface area (Å²) in [6, 6.07) is 5.82. The van der Waals surface area contributed by atoms with E-state index in [1.54, 1.807) is 16.8 Å². The Morgan fingerprint density at radius 1 is 1.44 bits per heavy atom.